The maximum absolute atomic E-state index is 13.0. The average molecular weight is 520 g/mol. The van der Waals surface area contributed by atoms with Crippen LogP contribution in [0.1, 0.15) is 0 Å². The molecule has 0 bridgehead atoms. The highest BCUT2D eigenvalue weighted by Gasteiger charge is 2.30. The zero-order valence-electron chi connectivity index (χ0n) is 19.8. The van der Waals surface area contributed by atoms with E-state index in [1.165, 1.54) is 30.7 Å². The Balaban J connectivity index is 0.000000641. The Labute approximate surface area is 204 Å². The minimum atomic E-state index is -3.61. The summed E-state index contributed by atoms with van der Waals surface area (Å²) in [6, 6.07) is 4.63. The Bertz CT molecular complexity index is 933. The Hall–Kier alpha value is -2.49. The van der Waals surface area contributed by atoms with Crippen LogP contribution >= 0.6 is 0 Å². The van der Waals surface area contributed by atoms with Crippen molar-refractivity contribution < 1.29 is 47.5 Å². The largest absolute Gasteiger partial charge is 0.493 e. The average Bonchev–Trinajstić information content (AvgIpc) is 2.84. The van der Waals surface area contributed by atoms with Crippen molar-refractivity contribution in [3.05, 3.63) is 18.2 Å². The van der Waals surface area contributed by atoms with Gasteiger partial charge in [0.1, 0.15) is 0 Å². The van der Waals surface area contributed by atoms with Crippen molar-refractivity contribution in [2.24, 2.45) is 0 Å². The number of aliphatic hydroxyl groups excluding tert-OH is 1. The van der Waals surface area contributed by atoms with Crippen LogP contribution in [0.4, 0.5) is 0 Å². The second kappa shape index (κ2) is 13.6. The van der Waals surface area contributed by atoms with Gasteiger partial charge >= 0.3 is 11.9 Å². The number of sulfonamides is 1. The SMILES string of the molecule is COc1ccc(S(=O)(=O)N2CCN(CC(O)CN3CCOCC3)CC2)cc1OC.O=C(O)C(=O)O. The van der Waals surface area contributed by atoms with Crippen LogP contribution < -0.4 is 9.47 Å². The van der Waals surface area contributed by atoms with E-state index in [-0.39, 0.29) is 4.90 Å². The number of carboxylic acid groups (broad SMARTS) is 2. The molecule has 0 amide bonds. The topological polar surface area (TPSA) is 166 Å². The first-order valence-corrected chi connectivity index (χ1v) is 12.4. The van der Waals surface area contributed by atoms with Crippen LogP contribution in [0.2, 0.25) is 0 Å². The van der Waals surface area contributed by atoms with Crippen LogP contribution in [-0.4, -0.2) is 136 Å². The summed E-state index contributed by atoms with van der Waals surface area (Å²) in [7, 11) is -0.614. The first-order chi connectivity index (χ1) is 16.6. The lowest BCUT2D eigenvalue weighted by molar-refractivity contribution is -0.159. The van der Waals surface area contributed by atoms with Gasteiger partial charge in [0.2, 0.25) is 10.0 Å². The van der Waals surface area contributed by atoms with Crippen molar-refractivity contribution >= 4 is 22.0 Å². The van der Waals surface area contributed by atoms with E-state index in [2.05, 4.69) is 9.80 Å². The van der Waals surface area contributed by atoms with E-state index < -0.39 is 28.1 Å². The quantitative estimate of drug-likeness (QED) is 0.354. The summed E-state index contributed by atoms with van der Waals surface area (Å²) in [4.78, 5) is 22.7. The number of rotatable bonds is 8. The van der Waals surface area contributed by atoms with Gasteiger partial charge < -0.3 is 29.5 Å². The number of benzene rings is 1. The van der Waals surface area contributed by atoms with E-state index in [9.17, 15) is 13.5 Å². The van der Waals surface area contributed by atoms with Crippen molar-refractivity contribution in [2.75, 3.05) is 79.8 Å². The number of morpholine rings is 1. The fraction of sp³-hybridized carbons (Fsp3) is 0.619. The summed E-state index contributed by atoms with van der Waals surface area (Å²) < 4.78 is 43.2. The van der Waals surface area contributed by atoms with Gasteiger partial charge in [-0.1, -0.05) is 0 Å². The Morgan fingerprint density at radius 1 is 0.914 bits per heavy atom. The van der Waals surface area contributed by atoms with Crippen LogP contribution in [-0.2, 0) is 24.3 Å². The van der Waals surface area contributed by atoms with Crippen molar-refractivity contribution in [1.82, 2.24) is 14.1 Å². The lowest BCUT2D eigenvalue weighted by atomic mass is 10.2. The smallest absolute Gasteiger partial charge is 0.414 e. The second-order valence-corrected chi connectivity index (χ2v) is 9.84. The fourth-order valence-electron chi connectivity index (χ4n) is 3.72. The molecular formula is C21H33N3O10S. The third-order valence-electron chi connectivity index (χ3n) is 5.55. The van der Waals surface area contributed by atoms with Gasteiger partial charge in [-0.05, 0) is 12.1 Å². The zero-order chi connectivity index (χ0) is 26.0. The minimum absolute atomic E-state index is 0.191. The lowest BCUT2D eigenvalue weighted by Crippen LogP contribution is -2.52. The van der Waals surface area contributed by atoms with Gasteiger partial charge in [0, 0.05) is 58.4 Å². The monoisotopic (exact) mass is 519 g/mol. The molecule has 2 aliphatic rings. The Kier molecular flexibility index (Phi) is 11.1. The highest BCUT2D eigenvalue weighted by Crippen LogP contribution is 2.30. The first kappa shape index (κ1) is 28.7. The van der Waals surface area contributed by atoms with Gasteiger partial charge in [0.25, 0.3) is 0 Å². The summed E-state index contributed by atoms with van der Waals surface area (Å²) in [5, 5.41) is 25.2. The molecule has 1 unspecified atom stereocenters. The molecule has 1 aromatic carbocycles. The molecule has 2 fully saturated rings. The third-order valence-corrected chi connectivity index (χ3v) is 7.44. The number of hydrogen-bond donors (Lipinski definition) is 3. The molecule has 3 rings (SSSR count). The molecule has 13 nitrogen and oxygen atoms in total. The molecule has 1 aromatic rings. The van der Waals surface area contributed by atoms with Crippen molar-refractivity contribution in [2.45, 2.75) is 11.0 Å². The lowest BCUT2D eigenvalue weighted by Gasteiger charge is -2.36. The molecule has 14 heteroatoms. The predicted octanol–water partition coefficient (Wildman–Crippen LogP) is -1.14. The molecule has 2 heterocycles. The van der Waals surface area contributed by atoms with E-state index in [1.807, 2.05) is 0 Å². The number of piperazine rings is 1. The highest BCUT2D eigenvalue weighted by atomic mass is 32.2. The number of β-amino-alcohol motifs (C(OH)–C–C–N with tert-alkyl or cyclic N) is 1. The standard InChI is InChI=1S/C19H31N3O6S.C2H2O4/c1-26-18-4-3-17(13-19(18)27-2)29(24,25)22-7-5-20(6-8-22)14-16(23)15-21-9-11-28-12-10-21;3-1(4)2(5)6/h3-4,13,16,23H,5-12,14-15H2,1-2H3;(H,3,4)(H,5,6). The predicted molar refractivity (Wildman–Crippen MR) is 123 cm³/mol. The van der Waals surface area contributed by atoms with E-state index in [0.29, 0.717) is 64.0 Å². The molecule has 35 heavy (non-hydrogen) atoms. The van der Waals surface area contributed by atoms with Crippen LogP contribution in [0.15, 0.2) is 23.1 Å². The van der Waals surface area contributed by atoms with Gasteiger partial charge in [0.05, 0.1) is 38.4 Å². The maximum Gasteiger partial charge on any atom is 0.414 e. The van der Waals surface area contributed by atoms with E-state index in [1.54, 1.807) is 6.07 Å². The molecular weight excluding hydrogens is 486 g/mol. The Morgan fingerprint density at radius 2 is 1.43 bits per heavy atom. The fourth-order valence-corrected chi connectivity index (χ4v) is 5.15. The summed E-state index contributed by atoms with van der Waals surface area (Å²) in [6.07, 6.45) is -0.456. The number of ether oxygens (including phenoxy) is 3. The van der Waals surface area contributed by atoms with E-state index >= 15 is 0 Å². The Morgan fingerprint density at radius 3 is 1.91 bits per heavy atom. The molecule has 3 N–H and O–H groups in total. The number of hydrogen-bond acceptors (Lipinski definition) is 10. The molecule has 1 atom stereocenters. The molecule has 0 aromatic heterocycles. The van der Waals surface area contributed by atoms with Gasteiger partial charge in [-0.15, -0.1) is 0 Å². The molecule has 2 saturated heterocycles. The molecule has 2 aliphatic heterocycles. The first-order valence-electron chi connectivity index (χ1n) is 11.0. The second-order valence-electron chi connectivity index (χ2n) is 7.90. The van der Waals surface area contributed by atoms with Gasteiger partial charge in [-0.2, -0.15) is 4.31 Å². The van der Waals surface area contributed by atoms with Crippen LogP contribution in [0, 0.1) is 0 Å². The highest BCUT2D eigenvalue weighted by molar-refractivity contribution is 7.89. The number of carbonyl (C=O) groups is 2. The molecule has 0 radical (unpaired) electrons. The van der Waals surface area contributed by atoms with E-state index in [4.69, 9.17) is 34.0 Å². The number of aliphatic carboxylic acids is 2. The zero-order valence-corrected chi connectivity index (χ0v) is 20.6. The molecule has 0 spiro atoms. The molecule has 0 aliphatic carbocycles. The van der Waals surface area contributed by atoms with Crippen molar-refractivity contribution in [3.63, 3.8) is 0 Å². The summed E-state index contributed by atoms with van der Waals surface area (Å²) >= 11 is 0. The van der Waals surface area contributed by atoms with Gasteiger partial charge in [0.15, 0.2) is 11.5 Å². The minimum Gasteiger partial charge on any atom is -0.493 e. The third kappa shape index (κ3) is 8.59. The molecule has 198 valence electrons. The van der Waals surface area contributed by atoms with Gasteiger partial charge in [-0.25, -0.2) is 18.0 Å². The van der Waals surface area contributed by atoms with Crippen molar-refractivity contribution in [3.8, 4) is 11.5 Å². The maximum atomic E-state index is 13.0. The van der Waals surface area contributed by atoms with Crippen LogP contribution in [0.25, 0.3) is 0 Å². The number of nitrogens with zero attached hydrogens (tertiary/aromatic N) is 3. The summed E-state index contributed by atoms with van der Waals surface area (Å²) in [5.41, 5.74) is 0. The number of carboxylic acids is 2. The number of methoxy groups -OCH3 is 2. The number of aliphatic hydroxyl groups is 1. The van der Waals surface area contributed by atoms with E-state index in [0.717, 1.165) is 13.1 Å². The van der Waals surface area contributed by atoms with Crippen LogP contribution in [0.5, 0.6) is 11.5 Å². The van der Waals surface area contributed by atoms with Crippen molar-refractivity contribution in [1.29, 1.82) is 0 Å². The normalized spacial score (nSPS) is 18.7. The van der Waals surface area contributed by atoms with Gasteiger partial charge in [-0.3, -0.25) is 9.80 Å². The molecule has 0 saturated carbocycles. The summed E-state index contributed by atoms with van der Waals surface area (Å²) in [5.74, 6) is -2.77. The van der Waals surface area contributed by atoms with Crippen LogP contribution in [0.3, 0.4) is 0 Å². The summed E-state index contributed by atoms with van der Waals surface area (Å²) in [6.45, 7) is 6.22.